The second-order valence-electron chi connectivity index (χ2n) is 6.09. The molecule has 0 fully saturated rings. The zero-order valence-corrected chi connectivity index (χ0v) is 12.6. The minimum Gasteiger partial charge on any atom is -0.496 e. The molecule has 1 atom stereocenters. The monoisotopic (exact) mass is 270 g/mol. The molecule has 0 aliphatic heterocycles. The molecule has 0 heterocycles. The Balaban J connectivity index is 2.50. The predicted octanol–water partition coefficient (Wildman–Crippen LogP) is 4.44. The van der Waals surface area contributed by atoms with E-state index in [0.29, 0.717) is 0 Å². The van der Waals surface area contributed by atoms with Crippen molar-refractivity contribution in [1.82, 2.24) is 0 Å². The lowest BCUT2D eigenvalue weighted by Gasteiger charge is -2.27. The molecule has 0 amide bonds. The van der Waals surface area contributed by atoms with E-state index in [9.17, 15) is 5.11 Å². The molecule has 1 N–H and O–H groups in total. The van der Waals surface area contributed by atoms with Crippen molar-refractivity contribution in [3.05, 3.63) is 54.1 Å². The topological polar surface area (TPSA) is 29.5 Å². The van der Waals surface area contributed by atoms with Crippen molar-refractivity contribution in [2.75, 3.05) is 7.11 Å². The van der Waals surface area contributed by atoms with Gasteiger partial charge in [0.25, 0.3) is 0 Å². The van der Waals surface area contributed by atoms with Gasteiger partial charge in [-0.15, -0.1) is 0 Å². The first-order chi connectivity index (χ1) is 9.43. The van der Waals surface area contributed by atoms with Gasteiger partial charge in [-0.3, -0.25) is 0 Å². The molecule has 0 spiro atoms. The fourth-order valence-electron chi connectivity index (χ4n) is 2.22. The second kappa shape index (κ2) is 5.68. The average Bonchev–Trinajstić information content (AvgIpc) is 2.45. The number of rotatable bonds is 3. The molecule has 106 valence electrons. The summed E-state index contributed by atoms with van der Waals surface area (Å²) in [5, 5.41) is 10.6. The fraction of sp³-hybridized carbons (Fsp3) is 0.333. The summed E-state index contributed by atoms with van der Waals surface area (Å²) in [5.74, 6) is 0.729. The first-order valence-electron chi connectivity index (χ1n) is 6.85. The quantitative estimate of drug-likeness (QED) is 0.893. The van der Waals surface area contributed by atoms with Crippen molar-refractivity contribution in [2.24, 2.45) is 5.41 Å². The zero-order chi connectivity index (χ0) is 14.8. The molecular formula is C18H22O2. The van der Waals surface area contributed by atoms with Crippen LogP contribution in [0.3, 0.4) is 0 Å². The van der Waals surface area contributed by atoms with Gasteiger partial charge in [-0.1, -0.05) is 57.2 Å². The van der Waals surface area contributed by atoms with Crippen LogP contribution in [-0.2, 0) is 0 Å². The summed E-state index contributed by atoms with van der Waals surface area (Å²) in [6.07, 6.45) is -0.568. The SMILES string of the molecule is COc1ccc(-c2ccccc2)cc1[C@@H](O)C(C)(C)C. The highest BCUT2D eigenvalue weighted by Gasteiger charge is 2.26. The van der Waals surface area contributed by atoms with E-state index < -0.39 is 6.10 Å². The molecule has 0 aliphatic carbocycles. The molecule has 2 heteroatoms. The van der Waals surface area contributed by atoms with E-state index in [1.807, 2.05) is 57.2 Å². The average molecular weight is 270 g/mol. The first kappa shape index (κ1) is 14.6. The van der Waals surface area contributed by atoms with Gasteiger partial charge < -0.3 is 9.84 Å². The van der Waals surface area contributed by atoms with E-state index in [2.05, 4.69) is 12.1 Å². The van der Waals surface area contributed by atoms with Crippen molar-refractivity contribution in [3.63, 3.8) is 0 Å². The summed E-state index contributed by atoms with van der Waals surface area (Å²) in [7, 11) is 1.64. The van der Waals surface area contributed by atoms with Crippen LogP contribution in [0.1, 0.15) is 32.4 Å². The van der Waals surface area contributed by atoms with Crippen LogP contribution in [0.15, 0.2) is 48.5 Å². The Morgan fingerprint density at radius 1 is 0.950 bits per heavy atom. The molecule has 0 radical (unpaired) electrons. The number of hydrogen-bond donors (Lipinski definition) is 1. The minimum absolute atomic E-state index is 0.234. The summed E-state index contributed by atoms with van der Waals surface area (Å²) in [5.41, 5.74) is 2.83. The zero-order valence-electron chi connectivity index (χ0n) is 12.6. The highest BCUT2D eigenvalue weighted by Crippen LogP contribution is 2.39. The van der Waals surface area contributed by atoms with Crippen LogP contribution in [0.25, 0.3) is 11.1 Å². The minimum atomic E-state index is -0.568. The maximum atomic E-state index is 10.6. The first-order valence-corrected chi connectivity index (χ1v) is 6.85. The number of aliphatic hydroxyl groups excluding tert-OH is 1. The van der Waals surface area contributed by atoms with Gasteiger partial charge in [0.05, 0.1) is 13.2 Å². The van der Waals surface area contributed by atoms with Crippen molar-refractivity contribution in [1.29, 1.82) is 0 Å². The third kappa shape index (κ3) is 3.02. The molecule has 0 bridgehead atoms. The molecule has 0 aromatic heterocycles. The van der Waals surface area contributed by atoms with Crippen LogP contribution in [0.4, 0.5) is 0 Å². The predicted molar refractivity (Wildman–Crippen MR) is 82.8 cm³/mol. The summed E-state index contributed by atoms with van der Waals surface area (Å²) < 4.78 is 5.39. The smallest absolute Gasteiger partial charge is 0.124 e. The van der Waals surface area contributed by atoms with E-state index in [-0.39, 0.29) is 5.41 Å². The number of benzene rings is 2. The van der Waals surface area contributed by atoms with Crippen molar-refractivity contribution >= 4 is 0 Å². The van der Waals surface area contributed by atoms with E-state index in [0.717, 1.165) is 22.4 Å². The molecule has 2 nitrogen and oxygen atoms in total. The standard InChI is InChI=1S/C18H22O2/c1-18(2,3)17(19)15-12-14(10-11-16(15)20-4)13-8-6-5-7-9-13/h5-12,17,19H,1-4H3/t17-/m1/s1. The molecule has 0 saturated carbocycles. The lowest BCUT2D eigenvalue weighted by Crippen LogP contribution is -2.18. The van der Waals surface area contributed by atoms with E-state index in [1.165, 1.54) is 0 Å². The number of hydrogen-bond acceptors (Lipinski definition) is 2. The Kier molecular flexibility index (Phi) is 4.15. The molecule has 0 aliphatic rings. The van der Waals surface area contributed by atoms with Gasteiger partial charge in [-0.2, -0.15) is 0 Å². The summed E-state index contributed by atoms with van der Waals surface area (Å²) in [6, 6.07) is 16.1. The Hall–Kier alpha value is -1.80. The van der Waals surface area contributed by atoms with Crippen molar-refractivity contribution < 1.29 is 9.84 Å². The Morgan fingerprint density at radius 3 is 2.15 bits per heavy atom. The van der Waals surface area contributed by atoms with Crippen LogP contribution >= 0.6 is 0 Å². The van der Waals surface area contributed by atoms with Crippen molar-refractivity contribution in [2.45, 2.75) is 26.9 Å². The van der Waals surface area contributed by atoms with Gasteiger partial charge >= 0.3 is 0 Å². The van der Waals surface area contributed by atoms with E-state index in [1.54, 1.807) is 7.11 Å². The molecular weight excluding hydrogens is 248 g/mol. The van der Waals surface area contributed by atoms with Gasteiger partial charge in [-0.05, 0) is 28.7 Å². The molecule has 20 heavy (non-hydrogen) atoms. The Morgan fingerprint density at radius 2 is 1.60 bits per heavy atom. The maximum absolute atomic E-state index is 10.6. The second-order valence-corrected chi connectivity index (χ2v) is 6.09. The Bertz CT molecular complexity index is 568. The third-order valence-corrected chi connectivity index (χ3v) is 3.45. The number of ether oxygens (including phenoxy) is 1. The Labute approximate surface area is 121 Å². The van der Waals surface area contributed by atoms with Gasteiger partial charge in [0.15, 0.2) is 0 Å². The molecule has 0 saturated heterocycles. The van der Waals surface area contributed by atoms with Gasteiger partial charge in [0.1, 0.15) is 5.75 Å². The number of methoxy groups -OCH3 is 1. The highest BCUT2D eigenvalue weighted by molar-refractivity contribution is 5.65. The lowest BCUT2D eigenvalue weighted by molar-refractivity contribution is 0.0604. The third-order valence-electron chi connectivity index (χ3n) is 3.45. The molecule has 2 rings (SSSR count). The normalized spacial score (nSPS) is 13.1. The van der Waals surface area contributed by atoms with Gasteiger partial charge in [0.2, 0.25) is 0 Å². The molecule has 2 aromatic carbocycles. The van der Waals surface area contributed by atoms with E-state index >= 15 is 0 Å². The van der Waals surface area contributed by atoms with Crippen LogP contribution in [-0.4, -0.2) is 12.2 Å². The van der Waals surface area contributed by atoms with Gasteiger partial charge in [-0.25, -0.2) is 0 Å². The summed E-state index contributed by atoms with van der Waals surface area (Å²) in [6.45, 7) is 6.06. The highest BCUT2D eigenvalue weighted by atomic mass is 16.5. The summed E-state index contributed by atoms with van der Waals surface area (Å²) in [4.78, 5) is 0. The van der Waals surface area contributed by atoms with Crippen molar-refractivity contribution in [3.8, 4) is 16.9 Å². The number of aliphatic hydroxyl groups is 1. The summed E-state index contributed by atoms with van der Waals surface area (Å²) >= 11 is 0. The van der Waals surface area contributed by atoms with Crippen LogP contribution < -0.4 is 4.74 Å². The van der Waals surface area contributed by atoms with Crippen LogP contribution in [0.2, 0.25) is 0 Å². The molecule has 2 aromatic rings. The van der Waals surface area contributed by atoms with Crippen LogP contribution in [0, 0.1) is 5.41 Å². The van der Waals surface area contributed by atoms with E-state index in [4.69, 9.17) is 4.74 Å². The van der Waals surface area contributed by atoms with Gasteiger partial charge in [0, 0.05) is 5.56 Å². The maximum Gasteiger partial charge on any atom is 0.124 e. The lowest BCUT2D eigenvalue weighted by atomic mass is 9.83. The fourth-order valence-corrected chi connectivity index (χ4v) is 2.22. The van der Waals surface area contributed by atoms with Crippen LogP contribution in [0.5, 0.6) is 5.75 Å². The molecule has 0 unspecified atom stereocenters. The largest absolute Gasteiger partial charge is 0.496 e.